The molecule has 1 amide bonds. The average molecular weight is 329 g/mol. The summed E-state index contributed by atoms with van der Waals surface area (Å²) in [4.78, 5) is 23.1. The highest BCUT2D eigenvalue weighted by molar-refractivity contribution is 9.10. The first-order valence-electron chi connectivity index (χ1n) is 5.70. The first kappa shape index (κ1) is 15.4. The van der Waals surface area contributed by atoms with E-state index in [1.165, 1.54) is 10.9 Å². The van der Waals surface area contributed by atoms with Crippen LogP contribution in [0.3, 0.4) is 0 Å². The van der Waals surface area contributed by atoms with Crippen molar-refractivity contribution in [3.05, 3.63) is 33.7 Å². The molecule has 1 aromatic heterocycles. The fraction of sp³-hybridized carbons (Fsp3) is 0.417. The van der Waals surface area contributed by atoms with Gasteiger partial charge in [0.1, 0.15) is 4.47 Å². The topological polar surface area (TPSA) is 90.0 Å². The van der Waals surface area contributed by atoms with Crippen LogP contribution in [0.4, 0.5) is 5.69 Å². The van der Waals surface area contributed by atoms with Gasteiger partial charge in [-0.3, -0.25) is 9.59 Å². The lowest BCUT2D eigenvalue weighted by molar-refractivity contribution is -0.125. The molecule has 0 saturated carbocycles. The Morgan fingerprint density at radius 2 is 2.32 bits per heavy atom. The molecule has 0 spiro atoms. The van der Waals surface area contributed by atoms with Crippen molar-refractivity contribution in [2.75, 3.05) is 11.9 Å². The number of primary amides is 1. The van der Waals surface area contributed by atoms with Crippen LogP contribution in [-0.2, 0) is 11.3 Å². The second-order valence-electron chi connectivity index (χ2n) is 4.75. The summed E-state index contributed by atoms with van der Waals surface area (Å²) in [5.41, 5.74) is 4.84. The fourth-order valence-corrected chi connectivity index (χ4v) is 1.69. The van der Waals surface area contributed by atoms with Gasteiger partial charge in [0.25, 0.3) is 5.56 Å². The third kappa shape index (κ3) is 3.66. The average Bonchev–Trinajstić information content (AvgIpc) is 2.34. The van der Waals surface area contributed by atoms with Gasteiger partial charge in [-0.1, -0.05) is 6.08 Å². The summed E-state index contributed by atoms with van der Waals surface area (Å²) < 4.78 is 1.64. The van der Waals surface area contributed by atoms with E-state index in [1.807, 2.05) is 0 Å². The van der Waals surface area contributed by atoms with E-state index in [-0.39, 0.29) is 5.56 Å². The normalized spacial score (nSPS) is 11.1. The molecule has 7 heteroatoms. The summed E-state index contributed by atoms with van der Waals surface area (Å²) in [7, 11) is 0. The summed E-state index contributed by atoms with van der Waals surface area (Å²) >= 11 is 3.22. The second-order valence-corrected chi connectivity index (χ2v) is 5.54. The molecule has 0 aliphatic heterocycles. The Hall–Kier alpha value is -1.63. The lowest BCUT2D eigenvalue weighted by atomic mass is 9.93. The summed E-state index contributed by atoms with van der Waals surface area (Å²) in [6.45, 7) is 7.66. The number of nitrogens with one attached hydrogen (secondary N) is 1. The fourth-order valence-electron chi connectivity index (χ4n) is 1.24. The number of amides is 1. The van der Waals surface area contributed by atoms with Gasteiger partial charge in [-0.2, -0.15) is 5.10 Å². The molecule has 0 bridgehead atoms. The van der Waals surface area contributed by atoms with E-state index in [2.05, 4.69) is 32.9 Å². The Balaban J connectivity index is 2.93. The largest absolute Gasteiger partial charge is 0.382 e. The molecule has 1 rings (SSSR count). The molecular weight excluding hydrogens is 312 g/mol. The van der Waals surface area contributed by atoms with Gasteiger partial charge in [0, 0.05) is 6.54 Å². The molecule has 0 aromatic carbocycles. The minimum Gasteiger partial charge on any atom is -0.382 e. The van der Waals surface area contributed by atoms with Crippen molar-refractivity contribution >= 4 is 27.5 Å². The Morgan fingerprint density at radius 1 is 1.68 bits per heavy atom. The predicted octanol–water partition coefficient (Wildman–Crippen LogP) is 1.12. The molecule has 0 aliphatic carbocycles. The maximum absolute atomic E-state index is 11.9. The van der Waals surface area contributed by atoms with E-state index < -0.39 is 11.3 Å². The van der Waals surface area contributed by atoms with Crippen molar-refractivity contribution in [1.82, 2.24) is 9.78 Å². The molecule has 1 heterocycles. The SMILES string of the molecule is C=CCn1ncc(NCC(C)(C)C(N)=O)c(Br)c1=O. The Labute approximate surface area is 119 Å². The van der Waals surface area contributed by atoms with Crippen LogP contribution in [0.1, 0.15) is 13.8 Å². The number of nitrogens with two attached hydrogens (primary N) is 1. The minimum atomic E-state index is -0.713. The van der Waals surface area contributed by atoms with Gasteiger partial charge in [-0.05, 0) is 29.8 Å². The smallest absolute Gasteiger partial charge is 0.283 e. The van der Waals surface area contributed by atoms with Crippen LogP contribution in [0.2, 0.25) is 0 Å². The molecule has 0 fully saturated rings. The zero-order valence-electron chi connectivity index (χ0n) is 10.9. The van der Waals surface area contributed by atoms with E-state index in [0.717, 1.165) is 0 Å². The highest BCUT2D eigenvalue weighted by atomic mass is 79.9. The number of anilines is 1. The van der Waals surface area contributed by atoms with Crippen molar-refractivity contribution in [2.24, 2.45) is 11.1 Å². The number of rotatable bonds is 6. The van der Waals surface area contributed by atoms with Crippen LogP contribution in [0, 0.1) is 5.41 Å². The van der Waals surface area contributed by atoms with Gasteiger partial charge >= 0.3 is 0 Å². The van der Waals surface area contributed by atoms with Crippen molar-refractivity contribution in [1.29, 1.82) is 0 Å². The van der Waals surface area contributed by atoms with Crippen LogP contribution < -0.4 is 16.6 Å². The minimum absolute atomic E-state index is 0.262. The first-order chi connectivity index (χ1) is 8.79. The van der Waals surface area contributed by atoms with Gasteiger partial charge < -0.3 is 11.1 Å². The van der Waals surface area contributed by atoms with Crippen LogP contribution in [-0.4, -0.2) is 22.2 Å². The molecule has 0 unspecified atom stereocenters. The molecule has 6 nitrogen and oxygen atoms in total. The molecular formula is C12H17BrN4O2. The number of aromatic nitrogens is 2. The summed E-state index contributed by atoms with van der Waals surface area (Å²) in [5.74, 6) is -0.413. The Kier molecular flexibility index (Phi) is 4.88. The molecule has 19 heavy (non-hydrogen) atoms. The number of carbonyl (C=O) groups excluding carboxylic acids is 1. The second kappa shape index (κ2) is 6.01. The number of nitrogens with zero attached hydrogens (tertiary/aromatic N) is 2. The van der Waals surface area contributed by atoms with Gasteiger partial charge in [-0.25, -0.2) is 4.68 Å². The third-order valence-corrected chi connectivity index (χ3v) is 3.44. The molecule has 0 radical (unpaired) electrons. The number of hydrogen-bond acceptors (Lipinski definition) is 4. The van der Waals surface area contributed by atoms with E-state index >= 15 is 0 Å². The van der Waals surface area contributed by atoms with Gasteiger partial charge in [0.2, 0.25) is 5.91 Å². The summed E-state index contributed by atoms with van der Waals surface area (Å²) in [5, 5.41) is 6.99. The quantitative estimate of drug-likeness (QED) is 0.765. The van der Waals surface area contributed by atoms with Crippen LogP contribution in [0.25, 0.3) is 0 Å². The van der Waals surface area contributed by atoms with Crippen LogP contribution >= 0.6 is 15.9 Å². The third-order valence-electron chi connectivity index (χ3n) is 2.67. The number of carbonyl (C=O) groups is 1. The lowest BCUT2D eigenvalue weighted by Crippen LogP contribution is -2.37. The molecule has 0 atom stereocenters. The van der Waals surface area contributed by atoms with Crippen molar-refractivity contribution in [2.45, 2.75) is 20.4 Å². The van der Waals surface area contributed by atoms with Crippen molar-refractivity contribution < 1.29 is 4.79 Å². The number of halogens is 1. The lowest BCUT2D eigenvalue weighted by Gasteiger charge is -2.21. The van der Waals surface area contributed by atoms with Crippen LogP contribution in [0.5, 0.6) is 0 Å². The maximum Gasteiger partial charge on any atom is 0.283 e. The monoisotopic (exact) mass is 328 g/mol. The van der Waals surface area contributed by atoms with Gasteiger partial charge in [0.05, 0.1) is 23.8 Å². The van der Waals surface area contributed by atoms with E-state index in [0.29, 0.717) is 23.2 Å². The van der Waals surface area contributed by atoms with Crippen molar-refractivity contribution in [3.8, 4) is 0 Å². The summed E-state index contributed by atoms with van der Waals surface area (Å²) in [6.07, 6.45) is 3.11. The zero-order valence-corrected chi connectivity index (χ0v) is 12.5. The molecule has 104 valence electrons. The molecule has 0 aliphatic rings. The summed E-state index contributed by atoms with van der Waals surface area (Å²) in [6, 6.07) is 0. The Morgan fingerprint density at radius 3 is 2.84 bits per heavy atom. The van der Waals surface area contributed by atoms with Gasteiger partial charge in [-0.15, -0.1) is 6.58 Å². The van der Waals surface area contributed by atoms with Crippen molar-refractivity contribution in [3.63, 3.8) is 0 Å². The van der Waals surface area contributed by atoms with E-state index in [9.17, 15) is 9.59 Å². The zero-order chi connectivity index (χ0) is 14.6. The van der Waals surface area contributed by atoms with E-state index in [1.54, 1.807) is 19.9 Å². The standard InChI is InChI=1S/C12H17BrN4O2/c1-4-5-17-10(18)9(13)8(6-16-17)15-7-12(2,3)11(14)19/h4,6,15H,1,5,7H2,2-3H3,(H2,14,19). The highest BCUT2D eigenvalue weighted by Crippen LogP contribution is 2.20. The molecule has 1 aromatic rings. The molecule has 0 saturated heterocycles. The highest BCUT2D eigenvalue weighted by Gasteiger charge is 2.25. The molecule has 3 N–H and O–H groups in total. The maximum atomic E-state index is 11.9. The van der Waals surface area contributed by atoms with E-state index in [4.69, 9.17) is 5.73 Å². The Bertz CT molecular complexity index is 551. The predicted molar refractivity (Wildman–Crippen MR) is 77.9 cm³/mol. The first-order valence-corrected chi connectivity index (χ1v) is 6.49. The number of hydrogen-bond donors (Lipinski definition) is 2. The number of allylic oxidation sites excluding steroid dienone is 1. The van der Waals surface area contributed by atoms with Gasteiger partial charge in [0.15, 0.2) is 0 Å². The van der Waals surface area contributed by atoms with Crippen LogP contribution in [0.15, 0.2) is 28.1 Å².